The lowest BCUT2D eigenvalue weighted by atomic mass is 9.71. The molecule has 0 radical (unpaired) electrons. The minimum atomic E-state index is 0.108. The van der Waals surface area contributed by atoms with Gasteiger partial charge in [0.2, 0.25) is 0 Å². The van der Waals surface area contributed by atoms with E-state index in [-0.39, 0.29) is 10.8 Å². The number of benzene rings is 3. The summed E-state index contributed by atoms with van der Waals surface area (Å²) in [7, 11) is 0. The SMILES string of the molecule is Cc1cc(C(C)(C)C)cc(C)c1N(c1ccc(Br)cc1)C1C2C=CC(N(c3ccc(Br)cc3)C3C(C)C=C(C(C)(C)C)CC3C)=CC21. The van der Waals surface area contributed by atoms with Gasteiger partial charge in [-0.25, -0.2) is 0 Å². The van der Waals surface area contributed by atoms with E-state index in [1.807, 2.05) is 0 Å². The van der Waals surface area contributed by atoms with Gasteiger partial charge in [0.15, 0.2) is 0 Å². The van der Waals surface area contributed by atoms with Gasteiger partial charge in [-0.1, -0.05) is 123 Å². The van der Waals surface area contributed by atoms with Crippen molar-refractivity contribution in [1.29, 1.82) is 0 Å². The molecule has 3 aromatic carbocycles. The molecule has 6 rings (SSSR count). The molecule has 6 unspecified atom stereocenters. The summed E-state index contributed by atoms with van der Waals surface area (Å²) in [5, 5.41) is 0. The number of hydrogen-bond acceptors (Lipinski definition) is 2. The lowest BCUT2D eigenvalue weighted by Crippen LogP contribution is -2.46. The molecule has 6 atom stereocenters. The van der Waals surface area contributed by atoms with E-state index in [0.29, 0.717) is 35.8 Å². The zero-order chi connectivity index (χ0) is 34.0. The lowest BCUT2D eigenvalue weighted by Gasteiger charge is -2.45. The van der Waals surface area contributed by atoms with Gasteiger partial charge in [-0.05, 0) is 114 Å². The molecule has 0 bridgehead atoms. The van der Waals surface area contributed by atoms with Crippen LogP contribution in [0, 0.1) is 42.9 Å². The first-order chi connectivity index (χ1) is 22.0. The number of allylic oxidation sites excluding steroid dienone is 2. The van der Waals surface area contributed by atoms with Gasteiger partial charge in [0.25, 0.3) is 0 Å². The molecule has 0 aromatic heterocycles. The van der Waals surface area contributed by atoms with Gasteiger partial charge in [0.1, 0.15) is 0 Å². The van der Waals surface area contributed by atoms with Crippen molar-refractivity contribution < 1.29 is 0 Å². The fourth-order valence-corrected chi connectivity index (χ4v) is 8.72. The van der Waals surface area contributed by atoms with Crippen molar-refractivity contribution in [3.63, 3.8) is 0 Å². The number of halogens is 2. The molecule has 0 aliphatic heterocycles. The largest absolute Gasteiger partial charge is 0.338 e. The average Bonchev–Trinajstić information content (AvgIpc) is 3.69. The van der Waals surface area contributed by atoms with Crippen molar-refractivity contribution >= 4 is 48.9 Å². The monoisotopic (exact) mass is 754 g/mol. The number of nitrogens with zero attached hydrogens (tertiary/aromatic N) is 2. The second-order valence-electron chi connectivity index (χ2n) is 16.5. The van der Waals surface area contributed by atoms with Crippen LogP contribution >= 0.6 is 31.9 Å². The Morgan fingerprint density at radius 2 is 1.19 bits per heavy atom. The van der Waals surface area contributed by atoms with Gasteiger partial charge in [0.05, 0.1) is 0 Å². The van der Waals surface area contributed by atoms with Crippen LogP contribution in [0.5, 0.6) is 0 Å². The molecule has 1 fully saturated rings. The predicted molar refractivity (Wildman–Crippen MR) is 210 cm³/mol. The average molecular weight is 757 g/mol. The Kier molecular flexibility index (Phi) is 9.28. The first-order valence-electron chi connectivity index (χ1n) is 17.4. The smallest absolute Gasteiger partial charge is 0.0481 e. The van der Waals surface area contributed by atoms with Crippen LogP contribution in [0.3, 0.4) is 0 Å². The maximum atomic E-state index is 3.69. The van der Waals surface area contributed by atoms with Crippen LogP contribution in [-0.4, -0.2) is 12.1 Å². The molecule has 0 saturated heterocycles. The molecule has 1 saturated carbocycles. The van der Waals surface area contributed by atoms with Crippen molar-refractivity contribution in [1.82, 2.24) is 0 Å². The zero-order valence-electron chi connectivity index (χ0n) is 29.9. The van der Waals surface area contributed by atoms with Crippen LogP contribution in [0.15, 0.2) is 105 Å². The molecular formula is C43H52Br2N2. The molecule has 3 aliphatic carbocycles. The summed E-state index contributed by atoms with van der Waals surface area (Å²) in [6.45, 7) is 23.5. The molecule has 4 heteroatoms. The molecule has 3 aromatic rings. The first-order valence-corrected chi connectivity index (χ1v) is 19.0. The Morgan fingerprint density at radius 1 is 0.660 bits per heavy atom. The van der Waals surface area contributed by atoms with Gasteiger partial charge >= 0.3 is 0 Å². The number of hydrogen-bond donors (Lipinski definition) is 0. The molecule has 47 heavy (non-hydrogen) atoms. The second kappa shape index (κ2) is 12.7. The molecule has 2 nitrogen and oxygen atoms in total. The highest BCUT2D eigenvalue weighted by atomic mass is 79.9. The summed E-state index contributed by atoms with van der Waals surface area (Å²) in [5.74, 6) is 1.88. The molecule has 0 amide bonds. The van der Waals surface area contributed by atoms with Crippen molar-refractivity contribution in [3.8, 4) is 0 Å². The molecule has 248 valence electrons. The highest BCUT2D eigenvalue weighted by Gasteiger charge is 2.54. The van der Waals surface area contributed by atoms with E-state index in [0.717, 1.165) is 15.4 Å². The van der Waals surface area contributed by atoms with Crippen LogP contribution in [0.1, 0.15) is 78.5 Å². The van der Waals surface area contributed by atoms with E-state index in [1.54, 1.807) is 5.57 Å². The fourth-order valence-electron chi connectivity index (χ4n) is 8.19. The molecule has 0 heterocycles. The summed E-state index contributed by atoms with van der Waals surface area (Å²) in [4.78, 5) is 5.31. The standard InChI is InChI=1S/C43H52Br2N2/c1-26-21-30(42(5,6)7)22-27(2)39(26)46(34-15-11-32(44)12-16-34)36-19-20-37-38(25-36)41(37)47(35-17-13-33(45)14-18-35)40-28(3)23-31(24-29(40)4)43(8,9)10/h11-21,23-27,37-39,41H,22H2,1-10H3. The predicted octanol–water partition coefficient (Wildman–Crippen LogP) is 12.9. The summed E-state index contributed by atoms with van der Waals surface area (Å²) >= 11 is 7.38. The van der Waals surface area contributed by atoms with E-state index >= 15 is 0 Å². The maximum Gasteiger partial charge on any atom is 0.0481 e. The van der Waals surface area contributed by atoms with Crippen molar-refractivity contribution in [3.05, 3.63) is 122 Å². The molecule has 0 N–H and O–H groups in total. The Hall–Kier alpha value is -2.56. The van der Waals surface area contributed by atoms with E-state index < -0.39 is 0 Å². The van der Waals surface area contributed by atoms with E-state index in [9.17, 15) is 0 Å². The molecule has 0 spiro atoms. The Labute approximate surface area is 301 Å². The number of rotatable bonds is 6. The van der Waals surface area contributed by atoms with E-state index in [2.05, 4.69) is 196 Å². The summed E-state index contributed by atoms with van der Waals surface area (Å²) in [6, 6.07) is 23.4. The third-order valence-corrected chi connectivity index (χ3v) is 11.8. The van der Waals surface area contributed by atoms with E-state index in [1.165, 1.54) is 39.4 Å². The summed E-state index contributed by atoms with van der Waals surface area (Å²) in [5.41, 5.74) is 11.2. The third-order valence-electron chi connectivity index (χ3n) is 10.7. The topological polar surface area (TPSA) is 6.48 Å². The number of anilines is 3. The van der Waals surface area contributed by atoms with Gasteiger partial charge in [-0.2, -0.15) is 0 Å². The Morgan fingerprint density at radius 3 is 1.68 bits per heavy atom. The summed E-state index contributed by atoms with van der Waals surface area (Å²) in [6.07, 6.45) is 11.2. The number of fused-ring (bicyclic) bond motifs is 1. The van der Waals surface area contributed by atoms with Gasteiger partial charge in [0, 0.05) is 55.6 Å². The van der Waals surface area contributed by atoms with Crippen molar-refractivity contribution in [2.75, 3.05) is 9.80 Å². The van der Waals surface area contributed by atoms with Crippen molar-refractivity contribution in [2.24, 2.45) is 29.1 Å². The first kappa shape index (κ1) is 34.3. The number of aryl methyl sites for hydroxylation is 2. The van der Waals surface area contributed by atoms with Gasteiger partial charge in [-0.3, -0.25) is 0 Å². The maximum absolute atomic E-state index is 3.69. The van der Waals surface area contributed by atoms with Crippen molar-refractivity contribution in [2.45, 2.75) is 93.2 Å². The lowest BCUT2D eigenvalue weighted by molar-refractivity contribution is 0.318. The van der Waals surface area contributed by atoms with Gasteiger partial charge < -0.3 is 9.80 Å². The Balaban J connectivity index is 1.42. The van der Waals surface area contributed by atoms with Crippen LogP contribution in [0.25, 0.3) is 0 Å². The Bertz CT molecular complexity index is 1690. The van der Waals surface area contributed by atoms with Gasteiger partial charge in [-0.15, -0.1) is 0 Å². The third kappa shape index (κ3) is 6.84. The second-order valence-corrected chi connectivity index (χ2v) is 18.3. The normalized spacial score (nSPS) is 25.5. The quantitative estimate of drug-likeness (QED) is 0.231. The minimum absolute atomic E-state index is 0.108. The molecule has 3 aliphatic rings. The van der Waals surface area contributed by atoms with Crippen LogP contribution in [-0.2, 0) is 5.41 Å². The van der Waals surface area contributed by atoms with Crippen LogP contribution in [0.4, 0.5) is 17.1 Å². The van der Waals surface area contributed by atoms with Crippen LogP contribution < -0.4 is 9.80 Å². The van der Waals surface area contributed by atoms with Crippen LogP contribution in [0.2, 0.25) is 0 Å². The highest BCUT2D eigenvalue weighted by Crippen LogP contribution is 2.54. The zero-order valence-corrected chi connectivity index (χ0v) is 33.1. The molecular weight excluding hydrogens is 704 g/mol. The minimum Gasteiger partial charge on any atom is -0.338 e. The highest BCUT2D eigenvalue weighted by molar-refractivity contribution is 9.10. The summed E-state index contributed by atoms with van der Waals surface area (Å²) < 4.78 is 2.22. The fraction of sp³-hybridized carbons (Fsp3) is 0.442. The van der Waals surface area contributed by atoms with E-state index in [4.69, 9.17) is 0 Å².